The van der Waals surface area contributed by atoms with Crippen molar-refractivity contribution in [2.75, 3.05) is 0 Å². The summed E-state index contributed by atoms with van der Waals surface area (Å²) in [7, 11) is 0. The molecule has 3 aromatic heterocycles. The van der Waals surface area contributed by atoms with E-state index >= 15 is 0 Å². The van der Waals surface area contributed by atoms with E-state index in [1.807, 2.05) is 30.5 Å². The molecule has 2 unspecified atom stereocenters. The van der Waals surface area contributed by atoms with Crippen LogP contribution in [-0.4, -0.2) is 21.1 Å². The number of fused-ring (bicyclic) bond motifs is 2. The van der Waals surface area contributed by atoms with Crippen molar-refractivity contribution in [2.45, 2.75) is 19.8 Å². The third kappa shape index (κ3) is 2.31. The Morgan fingerprint density at radius 1 is 1.29 bits per heavy atom. The Morgan fingerprint density at radius 2 is 2.11 bits per heavy atom. The molecule has 5 rings (SSSR count). The molecule has 1 aromatic carbocycles. The smallest absolute Gasteiger partial charge is 0.244 e. The number of aromatic amines is 2. The molecule has 0 fully saturated rings. The highest BCUT2D eigenvalue weighted by Crippen LogP contribution is 2.48. The van der Waals surface area contributed by atoms with Crippen LogP contribution in [0.2, 0.25) is 0 Å². The molecule has 0 aliphatic carbocycles. The zero-order valence-electron chi connectivity index (χ0n) is 15.3. The second-order valence-corrected chi connectivity index (χ2v) is 8.45. The molecule has 1 aliphatic rings. The summed E-state index contributed by atoms with van der Waals surface area (Å²) in [6.07, 6.45) is 1.94. The highest BCUT2D eigenvalue weighted by atomic mass is 32.1. The first-order valence-electron chi connectivity index (χ1n) is 8.96. The maximum absolute atomic E-state index is 9.88. The van der Waals surface area contributed by atoms with Gasteiger partial charge in [0, 0.05) is 38.3 Å². The summed E-state index contributed by atoms with van der Waals surface area (Å²) in [5.41, 5.74) is 4.74. The Labute approximate surface area is 165 Å². The highest BCUT2D eigenvalue weighted by molar-refractivity contribution is 7.12. The zero-order valence-corrected chi connectivity index (χ0v) is 16.1. The predicted octanol–water partition coefficient (Wildman–Crippen LogP) is 4.88. The van der Waals surface area contributed by atoms with Crippen LogP contribution in [0.4, 0.5) is 0 Å². The average Bonchev–Trinajstić information content (AvgIpc) is 3.37. The number of nitriles is 1. The monoisotopic (exact) mass is 387 g/mol. The van der Waals surface area contributed by atoms with E-state index < -0.39 is 5.92 Å². The number of hydrogen-bond donors (Lipinski definition) is 3. The minimum atomic E-state index is -0.719. The topological polar surface area (TPSA) is 101 Å². The third-order valence-electron chi connectivity index (χ3n) is 5.31. The minimum Gasteiger partial charge on any atom is -0.422 e. The molecule has 28 heavy (non-hydrogen) atoms. The molecule has 1 aliphatic heterocycles. The van der Waals surface area contributed by atoms with E-state index in [1.54, 1.807) is 11.3 Å². The summed E-state index contributed by atoms with van der Waals surface area (Å²) >= 11 is 1.72. The fraction of sp³-hybridized carbons (Fsp3) is 0.190. The van der Waals surface area contributed by atoms with Crippen molar-refractivity contribution in [1.29, 1.82) is 10.7 Å². The molecule has 0 bridgehead atoms. The predicted molar refractivity (Wildman–Crippen MR) is 109 cm³/mol. The number of aryl methyl sites for hydroxylation is 2. The molecule has 0 saturated heterocycles. The van der Waals surface area contributed by atoms with Gasteiger partial charge in [0.2, 0.25) is 11.8 Å². The van der Waals surface area contributed by atoms with Crippen molar-refractivity contribution in [2.24, 2.45) is 5.92 Å². The number of para-hydroxylation sites is 1. The maximum atomic E-state index is 9.88. The van der Waals surface area contributed by atoms with Crippen molar-refractivity contribution in [1.82, 2.24) is 15.2 Å². The molecular weight excluding hydrogens is 370 g/mol. The Morgan fingerprint density at radius 3 is 2.86 bits per heavy atom. The molecule has 6 nitrogen and oxygen atoms in total. The molecule has 0 amide bonds. The Bertz CT molecular complexity index is 1270. The van der Waals surface area contributed by atoms with Gasteiger partial charge >= 0.3 is 0 Å². The number of aromatic nitrogens is 3. The fourth-order valence-electron chi connectivity index (χ4n) is 4.09. The van der Waals surface area contributed by atoms with Gasteiger partial charge in [-0.05, 0) is 31.5 Å². The third-order valence-corrected chi connectivity index (χ3v) is 6.27. The van der Waals surface area contributed by atoms with Gasteiger partial charge in [-0.15, -0.1) is 16.4 Å². The van der Waals surface area contributed by atoms with Crippen molar-refractivity contribution in [3.8, 4) is 23.2 Å². The van der Waals surface area contributed by atoms with E-state index in [0.717, 1.165) is 33.3 Å². The standard InChI is InChI=1S/C21H17N5OS/c1-10-7-13(11(2)28-10)19-18-17(14(8-22)20(23)27-21(18)26-25-19)15-9-24-16-6-4-3-5-12(15)16/h3-7,9,14,17,23-24H,1-2H3,(H,25,26). The van der Waals surface area contributed by atoms with Crippen LogP contribution in [0.25, 0.3) is 22.2 Å². The van der Waals surface area contributed by atoms with E-state index in [4.69, 9.17) is 10.1 Å². The van der Waals surface area contributed by atoms with E-state index in [0.29, 0.717) is 5.88 Å². The number of nitrogens with one attached hydrogen (secondary N) is 3. The van der Waals surface area contributed by atoms with Crippen molar-refractivity contribution in [3.63, 3.8) is 0 Å². The van der Waals surface area contributed by atoms with Gasteiger partial charge in [-0.25, -0.2) is 0 Å². The Hall–Kier alpha value is -3.37. The lowest BCUT2D eigenvalue weighted by Crippen LogP contribution is -2.30. The molecule has 2 atom stereocenters. The summed E-state index contributed by atoms with van der Waals surface area (Å²) in [6, 6.07) is 12.4. The SMILES string of the molecule is Cc1cc(-c2[nH]nc3c2C(c2c[nH]c4ccccc24)C(C#N)C(=N)O3)c(C)s1. The van der Waals surface area contributed by atoms with Crippen LogP contribution >= 0.6 is 11.3 Å². The summed E-state index contributed by atoms with van der Waals surface area (Å²) in [5, 5.41) is 26.6. The van der Waals surface area contributed by atoms with Crippen LogP contribution in [-0.2, 0) is 0 Å². The first-order chi connectivity index (χ1) is 13.6. The summed E-state index contributed by atoms with van der Waals surface area (Å²) in [6.45, 7) is 4.15. The molecule has 7 heteroatoms. The quantitative estimate of drug-likeness (QED) is 0.457. The number of benzene rings is 1. The van der Waals surface area contributed by atoms with Crippen LogP contribution < -0.4 is 4.74 Å². The largest absolute Gasteiger partial charge is 0.422 e. The number of ether oxygens (including phenoxy) is 1. The van der Waals surface area contributed by atoms with Crippen LogP contribution in [0.1, 0.15) is 26.8 Å². The Balaban J connectivity index is 1.80. The summed E-state index contributed by atoms with van der Waals surface area (Å²) < 4.78 is 5.64. The van der Waals surface area contributed by atoms with Gasteiger partial charge in [0.1, 0.15) is 5.92 Å². The minimum absolute atomic E-state index is 0.0680. The van der Waals surface area contributed by atoms with Crippen LogP contribution in [0.15, 0.2) is 36.5 Å². The first-order valence-corrected chi connectivity index (χ1v) is 9.77. The first kappa shape index (κ1) is 16.8. The molecule has 3 N–H and O–H groups in total. The lowest BCUT2D eigenvalue weighted by Gasteiger charge is -2.27. The molecule has 0 saturated carbocycles. The van der Waals surface area contributed by atoms with Gasteiger partial charge in [0.15, 0.2) is 0 Å². The number of nitrogens with zero attached hydrogens (tertiary/aromatic N) is 2. The maximum Gasteiger partial charge on any atom is 0.244 e. The molecule has 4 aromatic rings. The lowest BCUT2D eigenvalue weighted by molar-refractivity contribution is 0.438. The van der Waals surface area contributed by atoms with Gasteiger partial charge in [0.05, 0.1) is 17.3 Å². The number of rotatable bonds is 2. The normalized spacial score (nSPS) is 18.7. The van der Waals surface area contributed by atoms with Crippen LogP contribution in [0.3, 0.4) is 0 Å². The fourth-order valence-corrected chi connectivity index (χ4v) is 5.02. The van der Waals surface area contributed by atoms with Crippen molar-refractivity contribution in [3.05, 3.63) is 57.4 Å². The molecule has 0 radical (unpaired) electrons. The molecule has 138 valence electrons. The average molecular weight is 387 g/mol. The Kier molecular flexibility index (Phi) is 3.64. The second kappa shape index (κ2) is 6.08. The van der Waals surface area contributed by atoms with Gasteiger partial charge in [0.25, 0.3) is 0 Å². The lowest BCUT2D eigenvalue weighted by atomic mass is 9.78. The van der Waals surface area contributed by atoms with E-state index in [2.05, 4.69) is 41.2 Å². The molecule has 0 spiro atoms. The van der Waals surface area contributed by atoms with Crippen molar-refractivity contribution < 1.29 is 4.74 Å². The number of H-pyrrole nitrogens is 2. The zero-order chi connectivity index (χ0) is 19.4. The number of thiophene rings is 1. The van der Waals surface area contributed by atoms with E-state index in [1.165, 1.54) is 9.75 Å². The van der Waals surface area contributed by atoms with E-state index in [-0.39, 0.29) is 11.8 Å². The summed E-state index contributed by atoms with van der Waals surface area (Å²) in [5.74, 6) is -0.750. The highest BCUT2D eigenvalue weighted by Gasteiger charge is 2.42. The van der Waals surface area contributed by atoms with Crippen LogP contribution in [0, 0.1) is 36.5 Å². The second-order valence-electron chi connectivity index (χ2n) is 6.98. The molecular formula is C21H17N5OS. The molecule has 4 heterocycles. The van der Waals surface area contributed by atoms with Gasteiger partial charge < -0.3 is 9.72 Å². The van der Waals surface area contributed by atoms with Gasteiger partial charge in [-0.3, -0.25) is 10.5 Å². The number of hydrogen-bond acceptors (Lipinski definition) is 5. The van der Waals surface area contributed by atoms with Crippen molar-refractivity contribution >= 4 is 28.1 Å². The van der Waals surface area contributed by atoms with Gasteiger partial charge in [-0.2, -0.15) is 5.26 Å². The van der Waals surface area contributed by atoms with Gasteiger partial charge in [-0.1, -0.05) is 18.2 Å². The van der Waals surface area contributed by atoms with E-state index in [9.17, 15) is 5.26 Å². The van der Waals surface area contributed by atoms with Crippen LogP contribution in [0.5, 0.6) is 5.88 Å². The summed E-state index contributed by atoms with van der Waals surface area (Å²) in [4.78, 5) is 5.68.